The maximum Gasteiger partial charge on any atom is 0.241 e. The third-order valence-electron chi connectivity index (χ3n) is 2.22. The fourth-order valence-electron chi connectivity index (χ4n) is 1.29. The first kappa shape index (κ1) is 11.7. The number of hydrogen-bond donors (Lipinski definition) is 2. The Balaban J connectivity index is 2.54. The van der Waals surface area contributed by atoms with Crippen LogP contribution in [0, 0.1) is 6.92 Å². The van der Waals surface area contributed by atoms with Gasteiger partial charge in [0.05, 0.1) is 6.04 Å². The minimum atomic E-state index is -0.156. The summed E-state index contributed by atoms with van der Waals surface area (Å²) in [5.74, 6) is 0.000651. The molecule has 82 valence electrons. The third-order valence-corrected chi connectivity index (χ3v) is 2.22. The van der Waals surface area contributed by atoms with E-state index in [2.05, 4.69) is 10.6 Å². The molecule has 15 heavy (non-hydrogen) atoms. The molecular weight excluding hydrogens is 188 g/mol. The summed E-state index contributed by atoms with van der Waals surface area (Å²) in [6, 6.07) is 7.62. The van der Waals surface area contributed by atoms with E-state index in [9.17, 15) is 4.79 Å². The smallest absolute Gasteiger partial charge is 0.241 e. The van der Waals surface area contributed by atoms with E-state index in [1.165, 1.54) is 5.56 Å². The highest BCUT2D eigenvalue weighted by atomic mass is 16.2. The average Bonchev–Trinajstić information content (AvgIpc) is 2.22. The molecule has 0 aliphatic rings. The second-order valence-electron chi connectivity index (χ2n) is 3.63. The van der Waals surface area contributed by atoms with Crippen molar-refractivity contribution in [2.24, 2.45) is 0 Å². The van der Waals surface area contributed by atoms with Crippen molar-refractivity contribution in [1.29, 1.82) is 0 Å². The standard InChI is InChI=1S/C12H18N2O/c1-4-13-10(3)12(15)14-11-7-5-9(2)6-8-11/h5-8,10,13H,4H2,1-3H3,(H,14,15)/t10-/m0/s1. The van der Waals surface area contributed by atoms with Gasteiger partial charge in [-0.05, 0) is 32.5 Å². The normalized spacial score (nSPS) is 12.2. The first-order chi connectivity index (χ1) is 7.13. The Labute approximate surface area is 90.9 Å². The number of benzene rings is 1. The zero-order valence-corrected chi connectivity index (χ0v) is 9.50. The monoisotopic (exact) mass is 206 g/mol. The van der Waals surface area contributed by atoms with E-state index in [4.69, 9.17) is 0 Å². The molecule has 1 aromatic carbocycles. The van der Waals surface area contributed by atoms with Gasteiger partial charge in [0.15, 0.2) is 0 Å². The molecule has 0 unspecified atom stereocenters. The van der Waals surface area contributed by atoms with Gasteiger partial charge in [-0.15, -0.1) is 0 Å². The van der Waals surface area contributed by atoms with Crippen molar-refractivity contribution in [2.75, 3.05) is 11.9 Å². The Bertz CT molecular complexity index is 319. The Morgan fingerprint density at radius 3 is 2.47 bits per heavy atom. The molecule has 0 aliphatic carbocycles. The number of aryl methyl sites for hydroxylation is 1. The van der Waals surface area contributed by atoms with Crippen molar-refractivity contribution in [1.82, 2.24) is 5.32 Å². The zero-order valence-electron chi connectivity index (χ0n) is 9.50. The summed E-state index contributed by atoms with van der Waals surface area (Å²) in [6.45, 7) is 6.65. The molecule has 1 rings (SSSR count). The molecule has 0 aromatic heterocycles. The largest absolute Gasteiger partial charge is 0.325 e. The van der Waals surface area contributed by atoms with E-state index in [0.717, 1.165) is 12.2 Å². The maximum absolute atomic E-state index is 11.6. The zero-order chi connectivity index (χ0) is 11.3. The molecule has 0 spiro atoms. The number of likely N-dealkylation sites (N-methyl/N-ethyl adjacent to an activating group) is 1. The van der Waals surface area contributed by atoms with Crippen LogP contribution >= 0.6 is 0 Å². The first-order valence-electron chi connectivity index (χ1n) is 5.24. The highest BCUT2D eigenvalue weighted by molar-refractivity contribution is 5.94. The van der Waals surface area contributed by atoms with Gasteiger partial charge in [-0.25, -0.2) is 0 Å². The summed E-state index contributed by atoms with van der Waals surface area (Å²) in [6.07, 6.45) is 0. The van der Waals surface area contributed by atoms with Crippen molar-refractivity contribution in [3.8, 4) is 0 Å². The molecule has 0 fully saturated rings. The lowest BCUT2D eigenvalue weighted by Crippen LogP contribution is -2.37. The van der Waals surface area contributed by atoms with Gasteiger partial charge >= 0.3 is 0 Å². The minimum Gasteiger partial charge on any atom is -0.325 e. The summed E-state index contributed by atoms with van der Waals surface area (Å²) in [7, 11) is 0. The van der Waals surface area contributed by atoms with Gasteiger partial charge in [0.2, 0.25) is 5.91 Å². The lowest BCUT2D eigenvalue weighted by atomic mass is 10.2. The first-order valence-corrected chi connectivity index (χ1v) is 5.24. The van der Waals surface area contributed by atoms with Crippen molar-refractivity contribution in [3.63, 3.8) is 0 Å². The van der Waals surface area contributed by atoms with E-state index >= 15 is 0 Å². The topological polar surface area (TPSA) is 41.1 Å². The Hall–Kier alpha value is -1.35. The van der Waals surface area contributed by atoms with E-state index in [-0.39, 0.29) is 11.9 Å². The fraction of sp³-hybridized carbons (Fsp3) is 0.417. The van der Waals surface area contributed by atoms with Gasteiger partial charge in [0, 0.05) is 5.69 Å². The lowest BCUT2D eigenvalue weighted by Gasteiger charge is -2.12. The predicted octanol–water partition coefficient (Wildman–Crippen LogP) is 1.93. The summed E-state index contributed by atoms with van der Waals surface area (Å²) < 4.78 is 0. The molecule has 0 bridgehead atoms. The summed E-state index contributed by atoms with van der Waals surface area (Å²) in [5, 5.41) is 5.92. The van der Waals surface area contributed by atoms with E-state index in [1.54, 1.807) is 0 Å². The third kappa shape index (κ3) is 3.72. The number of carbonyl (C=O) groups is 1. The van der Waals surface area contributed by atoms with Crippen LogP contribution in [0.4, 0.5) is 5.69 Å². The van der Waals surface area contributed by atoms with Crippen LogP contribution < -0.4 is 10.6 Å². The van der Waals surface area contributed by atoms with Crippen molar-refractivity contribution >= 4 is 11.6 Å². The molecule has 3 heteroatoms. The van der Waals surface area contributed by atoms with Crippen LogP contribution in [0.3, 0.4) is 0 Å². The van der Waals surface area contributed by atoms with Crippen molar-refractivity contribution < 1.29 is 4.79 Å². The molecule has 1 atom stereocenters. The SMILES string of the molecule is CCN[C@@H](C)C(=O)Nc1ccc(C)cc1. The molecule has 1 amide bonds. The molecule has 0 heterocycles. The van der Waals surface area contributed by atoms with E-state index in [1.807, 2.05) is 45.0 Å². The highest BCUT2D eigenvalue weighted by Crippen LogP contribution is 2.08. The van der Waals surface area contributed by atoms with Gasteiger partial charge < -0.3 is 10.6 Å². The molecule has 0 saturated carbocycles. The molecule has 1 aromatic rings. The summed E-state index contributed by atoms with van der Waals surface area (Å²) in [5.41, 5.74) is 2.03. The van der Waals surface area contributed by atoms with Crippen LogP contribution in [0.15, 0.2) is 24.3 Å². The van der Waals surface area contributed by atoms with Gasteiger partial charge in [-0.2, -0.15) is 0 Å². The van der Waals surface area contributed by atoms with Crippen molar-refractivity contribution in [2.45, 2.75) is 26.8 Å². The van der Waals surface area contributed by atoms with E-state index in [0.29, 0.717) is 0 Å². The van der Waals surface area contributed by atoms with Crippen LogP contribution in [0.2, 0.25) is 0 Å². The number of rotatable bonds is 4. The second kappa shape index (κ2) is 5.51. The molecular formula is C12H18N2O. The van der Waals surface area contributed by atoms with Gasteiger partial charge in [-0.1, -0.05) is 24.6 Å². The number of amides is 1. The highest BCUT2D eigenvalue weighted by Gasteiger charge is 2.10. The Kier molecular flexibility index (Phi) is 4.31. The van der Waals surface area contributed by atoms with Crippen LogP contribution in [-0.4, -0.2) is 18.5 Å². The summed E-state index contributed by atoms with van der Waals surface area (Å²) in [4.78, 5) is 11.6. The average molecular weight is 206 g/mol. The predicted molar refractivity (Wildman–Crippen MR) is 62.9 cm³/mol. The van der Waals surface area contributed by atoms with Crippen LogP contribution in [0.1, 0.15) is 19.4 Å². The maximum atomic E-state index is 11.6. The quantitative estimate of drug-likeness (QED) is 0.790. The lowest BCUT2D eigenvalue weighted by molar-refractivity contribution is -0.117. The Morgan fingerprint density at radius 1 is 1.33 bits per heavy atom. The van der Waals surface area contributed by atoms with Crippen LogP contribution in [0.5, 0.6) is 0 Å². The van der Waals surface area contributed by atoms with Crippen LogP contribution in [0.25, 0.3) is 0 Å². The molecule has 2 N–H and O–H groups in total. The molecule has 0 saturated heterocycles. The Morgan fingerprint density at radius 2 is 1.93 bits per heavy atom. The number of carbonyl (C=O) groups excluding carboxylic acids is 1. The minimum absolute atomic E-state index is 0.000651. The summed E-state index contributed by atoms with van der Waals surface area (Å²) >= 11 is 0. The van der Waals surface area contributed by atoms with Gasteiger partial charge in [-0.3, -0.25) is 4.79 Å². The van der Waals surface area contributed by atoms with E-state index < -0.39 is 0 Å². The fourth-order valence-corrected chi connectivity index (χ4v) is 1.29. The molecule has 0 aliphatic heterocycles. The second-order valence-corrected chi connectivity index (χ2v) is 3.63. The van der Waals surface area contributed by atoms with Crippen molar-refractivity contribution in [3.05, 3.63) is 29.8 Å². The van der Waals surface area contributed by atoms with Gasteiger partial charge in [0.1, 0.15) is 0 Å². The van der Waals surface area contributed by atoms with Crippen LogP contribution in [-0.2, 0) is 4.79 Å². The number of anilines is 1. The number of hydrogen-bond acceptors (Lipinski definition) is 2. The molecule has 0 radical (unpaired) electrons. The molecule has 3 nitrogen and oxygen atoms in total. The van der Waals surface area contributed by atoms with Gasteiger partial charge in [0.25, 0.3) is 0 Å². The number of nitrogens with one attached hydrogen (secondary N) is 2.